The van der Waals surface area contributed by atoms with Gasteiger partial charge in [0.2, 0.25) is 5.91 Å². The second-order valence-corrected chi connectivity index (χ2v) is 14.1. The van der Waals surface area contributed by atoms with E-state index in [2.05, 4.69) is 26.1 Å². The summed E-state index contributed by atoms with van der Waals surface area (Å²) in [5.74, 6) is 2.28. The first-order valence-electron chi connectivity index (χ1n) is 13.4. The normalized spacial score (nSPS) is 45.1. The zero-order valence-corrected chi connectivity index (χ0v) is 21.9. The maximum Gasteiger partial charge on any atom is 0.266 e. The van der Waals surface area contributed by atoms with Gasteiger partial charge in [-0.1, -0.05) is 20.8 Å². The van der Waals surface area contributed by atoms with Crippen molar-refractivity contribution in [3.63, 3.8) is 0 Å². The van der Waals surface area contributed by atoms with Crippen LogP contribution in [0.2, 0.25) is 0 Å². The van der Waals surface area contributed by atoms with Crippen LogP contribution in [0, 0.1) is 46.3 Å². The van der Waals surface area contributed by atoms with Crippen molar-refractivity contribution in [3.05, 3.63) is 0 Å². The van der Waals surface area contributed by atoms with Crippen LogP contribution in [0.1, 0.15) is 85.0 Å². The Morgan fingerprint density at radius 2 is 1.79 bits per heavy atom. The molecule has 8 heteroatoms. The molecule has 7 nitrogen and oxygen atoms in total. The number of hydrogen-bond acceptors (Lipinski definition) is 5. The molecular weight excluding hydrogens is 454 g/mol. The van der Waals surface area contributed by atoms with Crippen molar-refractivity contribution in [1.29, 1.82) is 0 Å². The minimum absolute atomic E-state index is 0.0756. The number of hydrogen-bond donors (Lipinski definition) is 4. The molecule has 34 heavy (non-hydrogen) atoms. The van der Waals surface area contributed by atoms with Crippen LogP contribution < -0.4 is 5.32 Å². The van der Waals surface area contributed by atoms with Gasteiger partial charge in [-0.05, 0) is 104 Å². The predicted octanol–water partition coefficient (Wildman–Crippen LogP) is 3.40. The summed E-state index contributed by atoms with van der Waals surface area (Å²) in [5.41, 5.74) is 0.105. The number of fused-ring (bicyclic) bond motifs is 5. The van der Waals surface area contributed by atoms with E-state index in [1.807, 2.05) is 0 Å². The third-order valence-electron chi connectivity index (χ3n) is 11.0. The van der Waals surface area contributed by atoms with Crippen molar-refractivity contribution in [2.24, 2.45) is 46.3 Å². The highest BCUT2D eigenvalue weighted by atomic mass is 32.2. The van der Waals surface area contributed by atoms with Crippen LogP contribution in [-0.2, 0) is 14.9 Å². The molecule has 4 fully saturated rings. The van der Waals surface area contributed by atoms with Crippen LogP contribution >= 0.6 is 0 Å². The van der Waals surface area contributed by atoms with E-state index in [1.165, 1.54) is 12.8 Å². The highest BCUT2D eigenvalue weighted by Crippen LogP contribution is 2.68. The average molecular weight is 500 g/mol. The van der Waals surface area contributed by atoms with Gasteiger partial charge in [0, 0.05) is 13.0 Å². The predicted molar refractivity (Wildman–Crippen MR) is 130 cm³/mol. The van der Waals surface area contributed by atoms with Crippen LogP contribution in [-0.4, -0.2) is 53.6 Å². The van der Waals surface area contributed by atoms with Gasteiger partial charge in [-0.3, -0.25) is 9.35 Å². The van der Waals surface area contributed by atoms with Gasteiger partial charge in [-0.15, -0.1) is 0 Å². The van der Waals surface area contributed by atoms with E-state index in [9.17, 15) is 23.4 Å². The third-order valence-corrected chi connectivity index (χ3v) is 11.7. The summed E-state index contributed by atoms with van der Waals surface area (Å²) in [7, 11) is -4.07. The number of aliphatic hydroxyl groups excluding tert-OH is 2. The van der Waals surface area contributed by atoms with Gasteiger partial charge >= 0.3 is 0 Å². The number of rotatable bonds is 7. The maximum atomic E-state index is 12.2. The first-order chi connectivity index (χ1) is 15.9. The Balaban J connectivity index is 1.40. The number of aliphatic hydroxyl groups is 2. The molecule has 4 saturated carbocycles. The first-order valence-corrected chi connectivity index (χ1v) is 15.0. The topological polar surface area (TPSA) is 124 Å². The summed E-state index contributed by atoms with van der Waals surface area (Å²) in [6.45, 7) is 6.86. The van der Waals surface area contributed by atoms with Crippen LogP contribution in [0.15, 0.2) is 0 Å². The summed E-state index contributed by atoms with van der Waals surface area (Å²) < 4.78 is 30.5. The summed E-state index contributed by atoms with van der Waals surface area (Å²) >= 11 is 0. The molecule has 4 aliphatic carbocycles. The molecule has 0 heterocycles. The Labute approximate surface area is 205 Å². The molecule has 4 aliphatic rings. The molecule has 0 bridgehead atoms. The number of nitrogens with one attached hydrogen (secondary N) is 1. The lowest BCUT2D eigenvalue weighted by molar-refractivity contribution is -0.174. The minimum Gasteiger partial charge on any atom is -0.393 e. The maximum absolute atomic E-state index is 12.2. The summed E-state index contributed by atoms with van der Waals surface area (Å²) in [6, 6.07) is 0. The SMILES string of the molecule is C[C@H](CCC(=O)NCCS(=O)(=O)O)[C@H]1CC[C@H]2[C@@H]3CC[C@@H]4CC(O)CC[C@]4(C)[C@H]3C[C@H](O)[C@]12C. The zero-order valence-electron chi connectivity index (χ0n) is 21.1. The Hall–Kier alpha value is -0.700. The fourth-order valence-electron chi connectivity index (χ4n) is 9.13. The van der Waals surface area contributed by atoms with Gasteiger partial charge < -0.3 is 15.5 Å². The van der Waals surface area contributed by atoms with Gasteiger partial charge in [0.1, 0.15) is 0 Å². The molecule has 10 atom stereocenters. The van der Waals surface area contributed by atoms with E-state index in [0.29, 0.717) is 48.3 Å². The van der Waals surface area contributed by atoms with Crippen molar-refractivity contribution >= 4 is 16.0 Å². The molecular formula is C26H45NO6S. The van der Waals surface area contributed by atoms with Crippen LogP contribution in [0.25, 0.3) is 0 Å². The van der Waals surface area contributed by atoms with E-state index in [4.69, 9.17) is 4.55 Å². The van der Waals surface area contributed by atoms with Gasteiger partial charge in [-0.25, -0.2) is 0 Å². The van der Waals surface area contributed by atoms with E-state index >= 15 is 0 Å². The van der Waals surface area contributed by atoms with Crippen molar-refractivity contribution in [2.75, 3.05) is 12.3 Å². The molecule has 0 aromatic heterocycles. The molecule has 1 amide bonds. The van der Waals surface area contributed by atoms with Crippen molar-refractivity contribution in [1.82, 2.24) is 5.32 Å². The number of amides is 1. The van der Waals surface area contributed by atoms with E-state index < -0.39 is 15.9 Å². The Kier molecular flexibility index (Phi) is 7.47. The minimum atomic E-state index is -4.07. The standard InChI is InChI=1S/C26H45NO6S/c1-16(4-9-24(30)27-12-13-34(31,32)33)20-7-8-21-19-6-5-17-14-18(28)10-11-25(17,2)22(19)15-23(29)26(20,21)3/h16-23,28-29H,4-15H2,1-3H3,(H,27,30)(H,31,32,33)/t16-,17-,18?,19+,20-,21+,22+,23+,25+,26-/m1/s1. The zero-order chi connectivity index (χ0) is 24.9. The molecule has 0 radical (unpaired) electrons. The Bertz CT molecular complexity index is 863. The third kappa shape index (κ3) is 4.81. The number of carbonyl (C=O) groups is 1. The average Bonchev–Trinajstić information content (AvgIpc) is 3.11. The second kappa shape index (κ2) is 9.64. The molecule has 0 aromatic rings. The lowest BCUT2D eigenvalue weighted by atomic mass is 9.43. The number of carbonyl (C=O) groups excluding carboxylic acids is 1. The quantitative estimate of drug-likeness (QED) is 0.398. The van der Waals surface area contributed by atoms with E-state index in [1.54, 1.807) is 0 Å². The van der Waals surface area contributed by atoms with Gasteiger partial charge in [0.25, 0.3) is 10.1 Å². The largest absolute Gasteiger partial charge is 0.393 e. The summed E-state index contributed by atoms with van der Waals surface area (Å²) in [4.78, 5) is 12.2. The second-order valence-electron chi connectivity index (χ2n) is 12.5. The van der Waals surface area contributed by atoms with Gasteiger partial charge in [-0.2, -0.15) is 8.42 Å². The van der Waals surface area contributed by atoms with Gasteiger partial charge in [0.15, 0.2) is 0 Å². The van der Waals surface area contributed by atoms with E-state index in [0.717, 1.165) is 38.5 Å². The van der Waals surface area contributed by atoms with Crippen molar-refractivity contribution < 1.29 is 28.0 Å². The van der Waals surface area contributed by atoms with Crippen LogP contribution in [0.3, 0.4) is 0 Å². The summed E-state index contributed by atoms with van der Waals surface area (Å²) in [5, 5.41) is 24.5. The molecule has 0 aromatic carbocycles. The molecule has 1 unspecified atom stereocenters. The molecule has 196 valence electrons. The van der Waals surface area contributed by atoms with Crippen LogP contribution in [0.5, 0.6) is 0 Å². The fourth-order valence-corrected chi connectivity index (χ4v) is 9.49. The van der Waals surface area contributed by atoms with Crippen molar-refractivity contribution in [3.8, 4) is 0 Å². The van der Waals surface area contributed by atoms with Crippen LogP contribution in [0.4, 0.5) is 0 Å². The molecule has 4 rings (SSSR count). The Morgan fingerprint density at radius 1 is 1.06 bits per heavy atom. The van der Waals surface area contributed by atoms with Crippen molar-refractivity contribution in [2.45, 2.75) is 97.2 Å². The first kappa shape index (κ1) is 26.4. The molecule has 0 spiro atoms. The lowest BCUT2D eigenvalue weighted by Gasteiger charge is -2.62. The monoisotopic (exact) mass is 499 g/mol. The van der Waals surface area contributed by atoms with E-state index in [-0.39, 0.29) is 35.5 Å². The smallest absolute Gasteiger partial charge is 0.266 e. The Morgan fingerprint density at radius 3 is 2.50 bits per heavy atom. The molecule has 0 saturated heterocycles. The highest BCUT2D eigenvalue weighted by molar-refractivity contribution is 7.85. The van der Waals surface area contributed by atoms with Gasteiger partial charge in [0.05, 0.1) is 18.0 Å². The molecule has 0 aliphatic heterocycles. The fraction of sp³-hybridized carbons (Fsp3) is 0.962. The lowest BCUT2D eigenvalue weighted by Crippen LogP contribution is -2.58. The molecule has 4 N–H and O–H groups in total. The summed E-state index contributed by atoms with van der Waals surface area (Å²) in [6.07, 6.45) is 8.93. The highest BCUT2D eigenvalue weighted by Gasteiger charge is 2.63.